The van der Waals surface area contributed by atoms with Crippen molar-refractivity contribution in [2.45, 2.75) is 38.3 Å². The molecule has 2 aliphatic heterocycles. The highest BCUT2D eigenvalue weighted by molar-refractivity contribution is 6.07. The molecule has 7 nitrogen and oxygen atoms in total. The topological polar surface area (TPSA) is 95.7 Å². The summed E-state index contributed by atoms with van der Waals surface area (Å²) in [7, 11) is 0. The van der Waals surface area contributed by atoms with E-state index < -0.39 is 5.54 Å². The van der Waals surface area contributed by atoms with Crippen molar-refractivity contribution in [2.75, 3.05) is 19.6 Å². The number of urea groups is 1. The van der Waals surface area contributed by atoms with Gasteiger partial charge in [0.1, 0.15) is 5.54 Å². The van der Waals surface area contributed by atoms with Crippen molar-refractivity contribution in [1.29, 1.82) is 0 Å². The molecular weight excluding hydrogens is 248 g/mol. The molecule has 1 spiro atoms. The summed E-state index contributed by atoms with van der Waals surface area (Å²) in [5.41, 5.74) is 4.50. The molecule has 0 aromatic rings. The van der Waals surface area contributed by atoms with Crippen LogP contribution < -0.4 is 11.1 Å². The molecule has 2 saturated heterocycles. The van der Waals surface area contributed by atoms with Crippen LogP contribution >= 0.6 is 0 Å². The van der Waals surface area contributed by atoms with Gasteiger partial charge in [-0.1, -0.05) is 0 Å². The van der Waals surface area contributed by atoms with E-state index in [-0.39, 0.29) is 30.4 Å². The Hall–Kier alpha value is -1.63. The first-order valence-electron chi connectivity index (χ1n) is 6.55. The fourth-order valence-electron chi connectivity index (χ4n) is 2.72. The van der Waals surface area contributed by atoms with Gasteiger partial charge < -0.3 is 16.0 Å². The maximum absolute atomic E-state index is 12.4. The fourth-order valence-corrected chi connectivity index (χ4v) is 2.72. The van der Waals surface area contributed by atoms with Crippen LogP contribution in [0, 0.1) is 0 Å². The van der Waals surface area contributed by atoms with Gasteiger partial charge in [0.05, 0.1) is 6.54 Å². The number of nitrogens with one attached hydrogen (secondary N) is 1. The molecule has 0 saturated carbocycles. The highest BCUT2D eigenvalue weighted by atomic mass is 16.2. The van der Waals surface area contributed by atoms with Crippen LogP contribution in [0.4, 0.5) is 4.79 Å². The number of carbonyl (C=O) groups excluding carboxylic acids is 3. The zero-order chi connectivity index (χ0) is 14.2. The fraction of sp³-hybridized carbons (Fsp3) is 0.750. The van der Waals surface area contributed by atoms with Gasteiger partial charge in [-0.05, 0) is 26.7 Å². The van der Waals surface area contributed by atoms with E-state index in [1.165, 1.54) is 4.90 Å². The van der Waals surface area contributed by atoms with E-state index in [2.05, 4.69) is 5.32 Å². The summed E-state index contributed by atoms with van der Waals surface area (Å²) in [5, 5.41) is 2.80. The second-order valence-corrected chi connectivity index (χ2v) is 5.37. The summed E-state index contributed by atoms with van der Waals surface area (Å²) in [6, 6.07) is -0.492. The minimum atomic E-state index is -0.827. The second-order valence-electron chi connectivity index (χ2n) is 5.37. The van der Waals surface area contributed by atoms with Crippen LogP contribution in [0.15, 0.2) is 0 Å². The highest BCUT2D eigenvalue weighted by Crippen LogP contribution is 2.30. The molecule has 0 atom stereocenters. The smallest absolute Gasteiger partial charge is 0.325 e. The number of nitrogens with two attached hydrogens (primary N) is 1. The number of imide groups is 1. The van der Waals surface area contributed by atoms with Gasteiger partial charge in [0.15, 0.2) is 0 Å². The lowest BCUT2D eigenvalue weighted by atomic mass is 9.87. The first kappa shape index (κ1) is 13.8. The monoisotopic (exact) mass is 268 g/mol. The van der Waals surface area contributed by atoms with Crippen molar-refractivity contribution in [2.24, 2.45) is 5.73 Å². The van der Waals surface area contributed by atoms with Crippen molar-refractivity contribution in [3.05, 3.63) is 0 Å². The number of piperidine rings is 1. The quantitative estimate of drug-likeness (QED) is 0.645. The molecule has 2 aliphatic rings. The molecule has 19 heavy (non-hydrogen) atoms. The Morgan fingerprint density at radius 1 is 1.37 bits per heavy atom. The molecule has 0 aromatic heterocycles. The Bertz CT molecular complexity index is 413. The SMILES string of the molecule is CC(C)N1C(=O)NC2(CCN(C(=O)CN)CC2)C1=O. The molecule has 4 amide bonds. The molecule has 0 aromatic carbocycles. The standard InChI is InChI=1S/C12H20N4O3/c1-8(2)16-10(18)12(14-11(16)19)3-5-15(6-4-12)9(17)7-13/h8H,3-7,13H2,1-2H3,(H,14,19). The zero-order valence-corrected chi connectivity index (χ0v) is 11.3. The molecule has 2 fully saturated rings. The zero-order valence-electron chi connectivity index (χ0n) is 11.3. The average Bonchev–Trinajstić information content (AvgIpc) is 2.61. The van der Waals surface area contributed by atoms with Gasteiger partial charge in [0.25, 0.3) is 5.91 Å². The van der Waals surface area contributed by atoms with Crippen LogP contribution in [0.1, 0.15) is 26.7 Å². The number of amides is 4. The van der Waals surface area contributed by atoms with Gasteiger partial charge in [-0.3, -0.25) is 14.5 Å². The number of rotatable bonds is 2. The van der Waals surface area contributed by atoms with Crippen LogP contribution in [0.5, 0.6) is 0 Å². The first-order valence-corrected chi connectivity index (χ1v) is 6.55. The molecule has 2 heterocycles. The first-order chi connectivity index (χ1) is 8.91. The van der Waals surface area contributed by atoms with Gasteiger partial charge >= 0.3 is 6.03 Å². The van der Waals surface area contributed by atoms with Crippen LogP contribution in [0.2, 0.25) is 0 Å². The average molecular weight is 268 g/mol. The third-order valence-corrected chi connectivity index (χ3v) is 3.85. The Morgan fingerprint density at radius 2 is 1.95 bits per heavy atom. The Kier molecular flexibility index (Phi) is 3.49. The molecule has 7 heteroatoms. The van der Waals surface area contributed by atoms with E-state index in [1.807, 2.05) is 13.8 Å². The molecule has 0 radical (unpaired) electrons. The van der Waals surface area contributed by atoms with Gasteiger partial charge in [0.2, 0.25) is 5.91 Å². The van der Waals surface area contributed by atoms with E-state index >= 15 is 0 Å². The van der Waals surface area contributed by atoms with Gasteiger partial charge in [-0.25, -0.2) is 4.79 Å². The van der Waals surface area contributed by atoms with Gasteiger partial charge in [-0.15, -0.1) is 0 Å². The molecule has 0 unspecified atom stereocenters. The number of carbonyl (C=O) groups is 3. The Balaban J connectivity index is 2.09. The molecule has 0 aliphatic carbocycles. The van der Waals surface area contributed by atoms with Crippen LogP contribution in [-0.2, 0) is 9.59 Å². The van der Waals surface area contributed by atoms with E-state index in [0.29, 0.717) is 25.9 Å². The third-order valence-electron chi connectivity index (χ3n) is 3.85. The number of likely N-dealkylation sites (tertiary alicyclic amines) is 1. The van der Waals surface area contributed by atoms with E-state index in [9.17, 15) is 14.4 Å². The summed E-state index contributed by atoms with van der Waals surface area (Å²) in [6.07, 6.45) is 0.902. The number of hydrogen-bond donors (Lipinski definition) is 2. The minimum Gasteiger partial charge on any atom is -0.341 e. The molecule has 106 valence electrons. The third kappa shape index (κ3) is 2.18. The molecule has 3 N–H and O–H groups in total. The largest absolute Gasteiger partial charge is 0.341 e. The predicted molar refractivity (Wildman–Crippen MR) is 68.1 cm³/mol. The summed E-state index contributed by atoms with van der Waals surface area (Å²) in [5.74, 6) is -0.292. The van der Waals surface area contributed by atoms with Crippen LogP contribution in [0.25, 0.3) is 0 Å². The normalized spacial score (nSPS) is 22.3. The maximum Gasteiger partial charge on any atom is 0.325 e. The Morgan fingerprint density at radius 3 is 2.37 bits per heavy atom. The number of nitrogens with zero attached hydrogens (tertiary/aromatic N) is 2. The van der Waals surface area contributed by atoms with Gasteiger partial charge in [0, 0.05) is 19.1 Å². The van der Waals surface area contributed by atoms with Crippen molar-refractivity contribution in [3.8, 4) is 0 Å². The summed E-state index contributed by atoms with van der Waals surface area (Å²) in [4.78, 5) is 38.7. The minimum absolute atomic E-state index is 0.0224. The lowest BCUT2D eigenvalue weighted by molar-refractivity contribution is -0.138. The molecule has 2 rings (SSSR count). The molecule has 0 bridgehead atoms. The van der Waals surface area contributed by atoms with Crippen LogP contribution in [0.3, 0.4) is 0 Å². The summed E-state index contributed by atoms with van der Waals surface area (Å²) >= 11 is 0. The van der Waals surface area contributed by atoms with Crippen LogP contribution in [-0.4, -0.2) is 58.9 Å². The lowest BCUT2D eigenvalue weighted by Gasteiger charge is -2.37. The van der Waals surface area contributed by atoms with E-state index in [4.69, 9.17) is 5.73 Å². The Labute approximate surface area is 112 Å². The van der Waals surface area contributed by atoms with Crippen molar-refractivity contribution in [3.63, 3.8) is 0 Å². The molecular formula is C12H20N4O3. The van der Waals surface area contributed by atoms with E-state index in [1.54, 1.807) is 4.90 Å². The van der Waals surface area contributed by atoms with Gasteiger partial charge in [-0.2, -0.15) is 0 Å². The lowest BCUT2D eigenvalue weighted by Crippen LogP contribution is -2.56. The summed E-state index contributed by atoms with van der Waals surface area (Å²) < 4.78 is 0. The predicted octanol–water partition coefficient (Wildman–Crippen LogP) is -0.733. The van der Waals surface area contributed by atoms with E-state index in [0.717, 1.165) is 0 Å². The number of hydrogen-bond acceptors (Lipinski definition) is 4. The maximum atomic E-state index is 12.4. The second kappa shape index (κ2) is 4.80. The van der Waals surface area contributed by atoms with Crippen molar-refractivity contribution < 1.29 is 14.4 Å². The summed E-state index contributed by atoms with van der Waals surface area (Å²) in [6.45, 7) is 4.50. The highest BCUT2D eigenvalue weighted by Gasteiger charge is 2.53. The van der Waals surface area contributed by atoms with Crippen molar-refractivity contribution >= 4 is 17.8 Å². The van der Waals surface area contributed by atoms with Crippen molar-refractivity contribution in [1.82, 2.24) is 15.1 Å².